The quantitative estimate of drug-likeness (QED) is 0.310. The molecule has 0 aliphatic heterocycles. The molecule has 6 rings (SSSR count). The third-order valence-corrected chi connectivity index (χ3v) is 6.82. The Morgan fingerprint density at radius 3 is 2.53 bits per heavy atom. The maximum Gasteiger partial charge on any atom is 0.212 e. The molecule has 5 aromatic rings. The molecule has 0 amide bonds. The standard InChI is InChI=1S/C28H29N7O3/c1-34-16-21(14-32-34)20-11-22-27(31-13-20)35(28(29)33-22)15-17-4-8-23(24(10-17)36-2)38-26(18-5-6-18)19-7-9-25(37-3)30-12-19/h4,7-14,16,18,26H,5-6,15H2,1-3H3,(H2,29,33). The monoisotopic (exact) mass is 511 g/mol. The Hall–Kier alpha value is -4.60. The Balaban J connectivity index is 1.25. The van der Waals surface area contributed by atoms with Gasteiger partial charge in [-0.3, -0.25) is 9.25 Å². The van der Waals surface area contributed by atoms with E-state index in [1.54, 1.807) is 25.1 Å². The number of aryl methyl sites for hydroxylation is 1. The zero-order valence-electron chi connectivity index (χ0n) is 21.5. The van der Waals surface area contributed by atoms with Crippen LogP contribution in [-0.2, 0) is 13.6 Å². The molecule has 10 heteroatoms. The Labute approximate surface area is 220 Å². The number of rotatable bonds is 9. The van der Waals surface area contributed by atoms with Crippen molar-refractivity contribution in [3.63, 3.8) is 0 Å². The van der Waals surface area contributed by atoms with Gasteiger partial charge in [-0.15, -0.1) is 0 Å². The first-order chi connectivity index (χ1) is 18.5. The van der Waals surface area contributed by atoms with Crippen LogP contribution in [-0.4, -0.2) is 43.5 Å². The molecule has 4 heterocycles. The predicted molar refractivity (Wildman–Crippen MR) is 143 cm³/mol. The summed E-state index contributed by atoms with van der Waals surface area (Å²) in [7, 11) is 5.14. The lowest BCUT2D eigenvalue weighted by Gasteiger charge is -2.21. The average Bonchev–Trinajstić information content (AvgIpc) is 3.61. The molecule has 194 valence electrons. The van der Waals surface area contributed by atoms with Gasteiger partial charge in [0.2, 0.25) is 11.8 Å². The lowest BCUT2D eigenvalue weighted by Crippen LogP contribution is -2.11. The number of methoxy groups -OCH3 is 2. The van der Waals surface area contributed by atoms with E-state index >= 15 is 0 Å². The molecule has 0 bridgehead atoms. The average molecular weight is 512 g/mol. The van der Waals surface area contributed by atoms with Crippen LogP contribution in [0.3, 0.4) is 0 Å². The van der Waals surface area contributed by atoms with Crippen LogP contribution in [0.2, 0.25) is 0 Å². The highest BCUT2D eigenvalue weighted by molar-refractivity contribution is 5.80. The van der Waals surface area contributed by atoms with Crippen LogP contribution in [0.4, 0.5) is 5.95 Å². The van der Waals surface area contributed by atoms with Crippen LogP contribution < -0.4 is 19.9 Å². The molecule has 38 heavy (non-hydrogen) atoms. The number of ether oxygens (including phenoxy) is 3. The number of hydrogen-bond acceptors (Lipinski definition) is 8. The maximum absolute atomic E-state index is 6.49. The summed E-state index contributed by atoms with van der Waals surface area (Å²) in [5, 5.41) is 4.24. The van der Waals surface area contributed by atoms with Gasteiger partial charge in [0, 0.05) is 54.3 Å². The van der Waals surface area contributed by atoms with E-state index in [1.807, 2.05) is 66.6 Å². The minimum atomic E-state index is -0.0976. The summed E-state index contributed by atoms with van der Waals surface area (Å²) in [5.41, 5.74) is 11.7. The first kappa shape index (κ1) is 23.8. The minimum Gasteiger partial charge on any atom is -0.493 e. The molecule has 1 aromatic carbocycles. The fourth-order valence-corrected chi connectivity index (χ4v) is 4.66. The van der Waals surface area contributed by atoms with Crippen molar-refractivity contribution in [2.24, 2.45) is 13.0 Å². The summed E-state index contributed by atoms with van der Waals surface area (Å²) >= 11 is 0. The summed E-state index contributed by atoms with van der Waals surface area (Å²) in [6, 6.07) is 11.8. The van der Waals surface area contributed by atoms with Gasteiger partial charge < -0.3 is 19.9 Å². The normalized spacial score (nSPS) is 14.0. The zero-order valence-corrected chi connectivity index (χ0v) is 21.5. The molecule has 1 atom stereocenters. The fraction of sp³-hybridized carbons (Fsp3) is 0.286. The lowest BCUT2D eigenvalue weighted by molar-refractivity contribution is 0.173. The zero-order chi connectivity index (χ0) is 26.2. The van der Waals surface area contributed by atoms with E-state index in [2.05, 4.69) is 20.1 Å². The van der Waals surface area contributed by atoms with E-state index in [0.29, 0.717) is 35.8 Å². The van der Waals surface area contributed by atoms with Crippen LogP contribution >= 0.6 is 0 Å². The van der Waals surface area contributed by atoms with Crippen molar-refractivity contribution in [2.75, 3.05) is 20.0 Å². The van der Waals surface area contributed by atoms with Crippen LogP contribution in [0, 0.1) is 5.92 Å². The highest BCUT2D eigenvalue weighted by atomic mass is 16.5. The summed E-state index contributed by atoms with van der Waals surface area (Å²) in [6.45, 7) is 0.493. The first-order valence-electron chi connectivity index (χ1n) is 12.5. The van der Waals surface area contributed by atoms with Crippen molar-refractivity contribution in [2.45, 2.75) is 25.5 Å². The molecule has 1 fully saturated rings. The number of imidazole rings is 1. The van der Waals surface area contributed by atoms with E-state index in [-0.39, 0.29) is 6.10 Å². The molecule has 10 nitrogen and oxygen atoms in total. The van der Waals surface area contributed by atoms with E-state index in [1.165, 1.54) is 0 Å². The second-order valence-corrected chi connectivity index (χ2v) is 9.52. The summed E-state index contributed by atoms with van der Waals surface area (Å²) < 4.78 is 21.1. The van der Waals surface area contributed by atoms with Crippen LogP contribution in [0.15, 0.2) is 61.2 Å². The second-order valence-electron chi connectivity index (χ2n) is 9.52. The summed E-state index contributed by atoms with van der Waals surface area (Å²) in [4.78, 5) is 13.6. The number of nitrogens with zero attached hydrogens (tertiary/aromatic N) is 6. The molecular formula is C28H29N7O3. The molecule has 1 aliphatic rings. The van der Waals surface area contributed by atoms with E-state index in [4.69, 9.17) is 19.9 Å². The number of pyridine rings is 2. The van der Waals surface area contributed by atoms with E-state index in [0.717, 1.165) is 46.3 Å². The van der Waals surface area contributed by atoms with Crippen LogP contribution in [0.25, 0.3) is 22.3 Å². The number of anilines is 1. The van der Waals surface area contributed by atoms with Crippen molar-refractivity contribution in [1.29, 1.82) is 0 Å². The molecule has 1 aliphatic carbocycles. The minimum absolute atomic E-state index is 0.0976. The number of fused-ring (bicyclic) bond motifs is 1. The third-order valence-electron chi connectivity index (χ3n) is 6.82. The van der Waals surface area contributed by atoms with Gasteiger partial charge in [0.15, 0.2) is 17.1 Å². The van der Waals surface area contributed by atoms with Gasteiger partial charge >= 0.3 is 0 Å². The topological polar surface area (TPSA) is 115 Å². The molecule has 4 aromatic heterocycles. The van der Waals surface area contributed by atoms with Crippen molar-refractivity contribution in [3.05, 3.63) is 72.3 Å². The Morgan fingerprint density at radius 2 is 1.84 bits per heavy atom. The van der Waals surface area contributed by atoms with E-state index < -0.39 is 0 Å². The molecule has 1 saturated carbocycles. The van der Waals surface area contributed by atoms with Gasteiger partial charge in [0.1, 0.15) is 11.6 Å². The molecule has 0 spiro atoms. The molecule has 1 unspecified atom stereocenters. The van der Waals surface area contributed by atoms with Gasteiger partial charge in [0.25, 0.3) is 0 Å². The maximum atomic E-state index is 6.49. The molecule has 0 radical (unpaired) electrons. The number of aromatic nitrogens is 6. The molecule has 2 N–H and O–H groups in total. The van der Waals surface area contributed by atoms with Crippen LogP contribution in [0.5, 0.6) is 17.4 Å². The van der Waals surface area contributed by atoms with E-state index in [9.17, 15) is 0 Å². The summed E-state index contributed by atoms with van der Waals surface area (Å²) in [5.74, 6) is 2.78. The number of hydrogen-bond donors (Lipinski definition) is 1. The van der Waals surface area contributed by atoms with Crippen molar-refractivity contribution >= 4 is 17.1 Å². The smallest absolute Gasteiger partial charge is 0.212 e. The predicted octanol–water partition coefficient (Wildman–Crippen LogP) is 4.40. The Bertz CT molecular complexity index is 1590. The Morgan fingerprint density at radius 1 is 0.974 bits per heavy atom. The third kappa shape index (κ3) is 4.60. The largest absolute Gasteiger partial charge is 0.493 e. The van der Waals surface area contributed by atoms with Crippen molar-refractivity contribution < 1.29 is 14.2 Å². The SMILES string of the molecule is COc1ccc(C(Oc2ccc(Cn3c(N)nc4cc(-c5cnn(C)c5)cnc43)cc2OC)C2CC2)cn1. The molecular weight excluding hydrogens is 482 g/mol. The summed E-state index contributed by atoms with van der Waals surface area (Å²) in [6.07, 6.45) is 9.54. The first-order valence-corrected chi connectivity index (χ1v) is 12.5. The highest BCUT2D eigenvalue weighted by Crippen LogP contribution is 2.45. The van der Waals surface area contributed by atoms with Gasteiger partial charge in [-0.05, 0) is 42.7 Å². The lowest BCUT2D eigenvalue weighted by atomic mass is 10.1. The second kappa shape index (κ2) is 9.70. The highest BCUT2D eigenvalue weighted by Gasteiger charge is 2.35. The Kier molecular flexibility index (Phi) is 6.07. The number of benzene rings is 1. The van der Waals surface area contributed by atoms with Crippen LogP contribution in [0.1, 0.15) is 30.1 Å². The van der Waals surface area contributed by atoms with Crippen molar-refractivity contribution in [3.8, 4) is 28.5 Å². The number of nitrogen functional groups attached to an aromatic ring is 1. The number of nitrogens with two attached hydrogens (primary N) is 1. The van der Waals surface area contributed by atoms with Gasteiger partial charge in [0.05, 0.1) is 27.0 Å². The fourth-order valence-electron chi connectivity index (χ4n) is 4.66. The molecule has 0 saturated heterocycles. The van der Waals surface area contributed by atoms with Gasteiger partial charge in [-0.2, -0.15) is 5.10 Å². The van der Waals surface area contributed by atoms with Gasteiger partial charge in [-0.1, -0.05) is 6.07 Å². The van der Waals surface area contributed by atoms with Gasteiger partial charge in [-0.25, -0.2) is 15.0 Å². The van der Waals surface area contributed by atoms with Crippen molar-refractivity contribution in [1.82, 2.24) is 29.3 Å².